The van der Waals surface area contributed by atoms with Gasteiger partial charge in [-0.3, -0.25) is 4.79 Å². The zero-order valence-electron chi connectivity index (χ0n) is 18.5. The zero-order chi connectivity index (χ0) is 21.9. The molecule has 1 amide bonds. The minimum absolute atomic E-state index is 0.0162. The highest BCUT2D eigenvalue weighted by molar-refractivity contribution is 5.79. The summed E-state index contributed by atoms with van der Waals surface area (Å²) < 4.78 is 11.1. The molecule has 30 heavy (non-hydrogen) atoms. The van der Waals surface area contributed by atoms with Crippen LogP contribution in [0.25, 0.3) is 0 Å². The number of methoxy groups -OCH3 is 1. The molecule has 0 aliphatic carbocycles. The van der Waals surface area contributed by atoms with Gasteiger partial charge in [-0.15, -0.1) is 0 Å². The first kappa shape index (κ1) is 23.1. The van der Waals surface area contributed by atoms with E-state index in [4.69, 9.17) is 9.47 Å². The number of nitrogens with one attached hydrogen (secondary N) is 2. The number of aryl methyl sites for hydroxylation is 1. The second kappa shape index (κ2) is 11.7. The van der Waals surface area contributed by atoms with E-state index in [2.05, 4.69) is 27.8 Å². The highest BCUT2D eigenvalue weighted by Gasteiger charge is 2.07. The van der Waals surface area contributed by atoms with E-state index < -0.39 is 0 Å². The lowest BCUT2D eigenvalue weighted by Gasteiger charge is -2.14. The molecule has 0 saturated carbocycles. The SMILES string of the molecule is CCNC(=NCc1cccc(OCC(=O)N(C)C)c1)NCc1ccc(C)cc1OC. The van der Waals surface area contributed by atoms with E-state index in [0.717, 1.165) is 29.0 Å². The third-order valence-corrected chi connectivity index (χ3v) is 4.41. The quantitative estimate of drug-likeness (QED) is 0.489. The molecular formula is C23H32N4O3. The lowest BCUT2D eigenvalue weighted by molar-refractivity contribution is -0.130. The Morgan fingerprint density at radius 2 is 1.93 bits per heavy atom. The van der Waals surface area contributed by atoms with Gasteiger partial charge < -0.3 is 25.0 Å². The number of nitrogens with zero attached hydrogens (tertiary/aromatic N) is 2. The van der Waals surface area contributed by atoms with E-state index >= 15 is 0 Å². The Balaban J connectivity index is 2.00. The summed E-state index contributed by atoms with van der Waals surface area (Å²) in [5.41, 5.74) is 3.22. The van der Waals surface area contributed by atoms with E-state index in [0.29, 0.717) is 24.8 Å². The number of guanidine groups is 1. The highest BCUT2D eigenvalue weighted by atomic mass is 16.5. The van der Waals surface area contributed by atoms with Crippen molar-refractivity contribution in [3.8, 4) is 11.5 Å². The Bertz CT molecular complexity index is 865. The molecule has 0 fully saturated rings. The number of likely N-dealkylation sites (N-methyl/N-ethyl adjacent to an activating group) is 1. The Labute approximate surface area is 179 Å². The monoisotopic (exact) mass is 412 g/mol. The van der Waals surface area contributed by atoms with Crippen molar-refractivity contribution in [1.82, 2.24) is 15.5 Å². The van der Waals surface area contributed by atoms with Gasteiger partial charge in [-0.2, -0.15) is 0 Å². The smallest absolute Gasteiger partial charge is 0.259 e. The fourth-order valence-corrected chi connectivity index (χ4v) is 2.70. The molecule has 7 nitrogen and oxygen atoms in total. The van der Waals surface area contributed by atoms with Crippen LogP contribution in [0.15, 0.2) is 47.5 Å². The van der Waals surface area contributed by atoms with Crippen LogP contribution < -0.4 is 20.1 Å². The van der Waals surface area contributed by atoms with Crippen molar-refractivity contribution in [2.75, 3.05) is 34.4 Å². The van der Waals surface area contributed by atoms with Crippen LogP contribution in [0.2, 0.25) is 0 Å². The minimum atomic E-state index is -0.0800. The molecule has 162 valence electrons. The van der Waals surface area contributed by atoms with Crippen molar-refractivity contribution in [3.63, 3.8) is 0 Å². The fourth-order valence-electron chi connectivity index (χ4n) is 2.70. The normalized spacial score (nSPS) is 11.0. The van der Waals surface area contributed by atoms with Gasteiger partial charge in [-0.05, 0) is 43.2 Å². The van der Waals surface area contributed by atoms with Gasteiger partial charge in [-0.1, -0.05) is 24.3 Å². The first-order valence-corrected chi connectivity index (χ1v) is 10.0. The van der Waals surface area contributed by atoms with E-state index in [1.165, 1.54) is 4.90 Å². The number of hydrogen-bond acceptors (Lipinski definition) is 4. The van der Waals surface area contributed by atoms with Crippen LogP contribution in [0, 0.1) is 6.92 Å². The van der Waals surface area contributed by atoms with E-state index in [-0.39, 0.29) is 12.5 Å². The maximum Gasteiger partial charge on any atom is 0.259 e. The zero-order valence-corrected chi connectivity index (χ0v) is 18.5. The first-order valence-electron chi connectivity index (χ1n) is 10.0. The molecule has 0 aromatic heterocycles. The van der Waals surface area contributed by atoms with Crippen LogP contribution in [0.1, 0.15) is 23.6 Å². The molecule has 0 radical (unpaired) electrons. The van der Waals surface area contributed by atoms with Crippen LogP contribution in [0.4, 0.5) is 0 Å². The number of aliphatic imine (C=N–C) groups is 1. The number of rotatable bonds is 9. The molecule has 0 heterocycles. The second-order valence-electron chi connectivity index (χ2n) is 7.09. The van der Waals surface area contributed by atoms with E-state index in [9.17, 15) is 4.79 Å². The molecule has 7 heteroatoms. The number of amides is 1. The van der Waals surface area contributed by atoms with Gasteiger partial charge in [-0.25, -0.2) is 4.99 Å². The van der Waals surface area contributed by atoms with Crippen LogP contribution in [0.3, 0.4) is 0 Å². The van der Waals surface area contributed by atoms with Gasteiger partial charge in [0.2, 0.25) is 0 Å². The lowest BCUT2D eigenvalue weighted by Crippen LogP contribution is -2.36. The van der Waals surface area contributed by atoms with Crippen LogP contribution in [0.5, 0.6) is 11.5 Å². The van der Waals surface area contributed by atoms with Gasteiger partial charge in [0, 0.05) is 32.7 Å². The standard InChI is InChI=1S/C23H32N4O3/c1-6-24-23(26-15-19-11-10-17(2)12-21(19)29-5)25-14-18-8-7-9-20(13-18)30-16-22(28)27(3)4/h7-13H,6,14-16H2,1-5H3,(H2,24,25,26). The molecule has 0 bridgehead atoms. The Kier molecular flexibility index (Phi) is 9.00. The third kappa shape index (κ3) is 7.31. The summed E-state index contributed by atoms with van der Waals surface area (Å²) in [6.07, 6.45) is 0. The molecule has 2 aromatic rings. The van der Waals surface area contributed by atoms with Crippen molar-refractivity contribution in [2.45, 2.75) is 26.9 Å². The molecule has 0 saturated heterocycles. The van der Waals surface area contributed by atoms with Crippen molar-refractivity contribution in [1.29, 1.82) is 0 Å². The summed E-state index contributed by atoms with van der Waals surface area (Å²) in [5.74, 6) is 2.15. The number of carbonyl (C=O) groups excluding carboxylic acids is 1. The number of hydrogen-bond donors (Lipinski definition) is 2. The van der Waals surface area contributed by atoms with Gasteiger partial charge in [0.25, 0.3) is 5.91 Å². The predicted molar refractivity (Wildman–Crippen MR) is 120 cm³/mol. The maximum absolute atomic E-state index is 11.7. The second-order valence-corrected chi connectivity index (χ2v) is 7.09. The summed E-state index contributed by atoms with van der Waals surface area (Å²) >= 11 is 0. The Hall–Kier alpha value is -3.22. The van der Waals surface area contributed by atoms with Crippen LogP contribution >= 0.6 is 0 Å². The van der Waals surface area contributed by atoms with Gasteiger partial charge >= 0.3 is 0 Å². The molecule has 2 aromatic carbocycles. The molecule has 0 atom stereocenters. The lowest BCUT2D eigenvalue weighted by atomic mass is 10.1. The summed E-state index contributed by atoms with van der Waals surface area (Å²) in [5, 5.41) is 6.60. The van der Waals surface area contributed by atoms with Gasteiger partial charge in [0.1, 0.15) is 11.5 Å². The largest absolute Gasteiger partial charge is 0.496 e. The summed E-state index contributed by atoms with van der Waals surface area (Å²) in [4.78, 5) is 17.9. The van der Waals surface area contributed by atoms with Gasteiger partial charge in [0.05, 0.1) is 13.7 Å². The molecular weight excluding hydrogens is 380 g/mol. The number of benzene rings is 2. The molecule has 0 aliphatic heterocycles. The van der Waals surface area contributed by atoms with Crippen molar-refractivity contribution in [3.05, 3.63) is 59.2 Å². The molecule has 0 aliphatic rings. The predicted octanol–water partition coefficient (Wildman–Crippen LogP) is 2.73. The van der Waals surface area contributed by atoms with E-state index in [1.807, 2.05) is 44.2 Å². The fraction of sp³-hybridized carbons (Fsp3) is 0.391. The molecule has 0 unspecified atom stereocenters. The topological polar surface area (TPSA) is 75.2 Å². The molecule has 2 N–H and O–H groups in total. The third-order valence-electron chi connectivity index (χ3n) is 4.41. The van der Waals surface area contributed by atoms with Crippen LogP contribution in [-0.4, -0.2) is 51.1 Å². The van der Waals surface area contributed by atoms with Crippen molar-refractivity contribution >= 4 is 11.9 Å². The average Bonchev–Trinajstić information content (AvgIpc) is 2.74. The summed E-state index contributed by atoms with van der Waals surface area (Å²) in [7, 11) is 5.09. The van der Waals surface area contributed by atoms with Gasteiger partial charge in [0.15, 0.2) is 12.6 Å². The molecule has 2 rings (SSSR count). The number of ether oxygens (including phenoxy) is 2. The summed E-state index contributed by atoms with van der Waals surface area (Å²) in [6, 6.07) is 13.8. The maximum atomic E-state index is 11.7. The van der Waals surface area contributed by atoms with Crippen molar-refractivity contribution in [2.24, 2.45) is 4.99 Å². The number of carbonyl (C=O) groups is 1. The summed E-state index contributed by atoms with van der Waals surface area (Å²) in [6.45, 7) is 5.93. The average molecular weight is 413 g/mol. The Morgan fingerprint density at radius 3 is 2.63 bits per heavy atom. The van der Waals surface area contributed by atoms with Crippen LogP contribution in [-0.2, 0) is 17.9 Å². The first-order chi connectivity index (χ1) is 14.4. The minimum Gasteiger partial charge on any atom is -0.496 e. The highest BCUT2D eigenvalue weighted by Crippen LogP contribution is 2.19. The Morgan fingerprint density at radius 1 is 1.13 bits per heavy atom. The van der Waals surface area contributed by atoms with Crippen molar-refractivity contribution < 1.29 is 14.3 Å². The van der Waals surface area contributed by atoms with E-state index in [1.54, 1.807) is 21.2 Å². The molecule has 0 spiro atoms.